The van der Waals surface area contributed by atoms with E-state index in [9.17, 15) is 4.79 Å². The van der Waals surface area contributed by atoms with Crippen molar-refractivity contribution in [2.24, 2.45) is 18.9 Å². The summed E-state index contributed by atoms with van der Waals surface area (Å²) in [5.41, 5.74) is 4.71. The van der Waals surface area contributed by atoms with Crippen LogP contribution in [-0.2, 0) is 18.4 Å². The number of nitrogens with zero attached hydrogens (tertiary/aromatic N) is 5. The summed E-state index contributed by atoms with van der Waals surface area (Å²) in [4.78, 5) is 14.4. The predicted molar refractivity (Wildman–Crippen MR) is 125 cm³/mol. The van der Waals surface area contributed by atoms with Crippen molar-refractivity contribution in [3.8, 4) is 22.5 Å². The molecule has 2 aromatic carbocycles. The molecule has 1 aliphatic heterocycles. The average Bonchev–Trinajstić information content (AvgIpc) is 3.21. The summed E-state index contributed by atoms with van der Waals surface area (Å²) in [6.07, 6.45) is 7.11. The van der Waals surface area contributed by atoms with Gasteiger partial charge in [-0.15, -0.1) is 10.2 Å². The van der Waals surface area contributed by atoms with Crippen molar-refractivity contribution < 1.29 is 4.79 Å². The van der Waals surface area contributed by atoms with Crippen LogP contribution in [0.1, 0.15) is 19.3 Å². The number of hydrogen-bond donors (Lipinski definition) is 0. The van der Waals surface area contributed by atoms with Crippen LogP contribution in [0.4, 0.5) is 0 Å². The average molecular weight is 426 g/mol. The molecule has 2 aliphatic rings. The van der Waals surface area contributed by atoms with Gasteiger partial charge in [-0.05, 0) is 54.5 Å². The predicted octanol–water partition coefficient (Wildman–Crippen LogP) is 4.36. The summed E-state index contributed by atoms with van der Waals surface area (Å²) in [7, 11) is 2.07. The number of rotatable bonds is 5. The fourth-order valence-electron chi connectivity index (χ4n) is 4.93. The lowest BCUT2D eigenvalue weighted by molar-refractivity contribution is -0.131. The smallest absolute Gasteiger partial charge is 0.225 e. The van der Waals surface area contributed by atoms with Gasteiger partial charge in [0.2, 0.25) is 5.91 Å². The first-order chi connectivity index (χ1) is 15.7. The van der Waals surface area contributed by atoms with E-state index in [0.717, 1.165) is 50.3 Å². The van der Waals surface area contributed by atoms with Gasteiger partial charge in [-0.25, -0.2) is 0 Å². The number of carbonyl (C=O) groups excluding carboxylic acids is 1. The molecule has 1 aliphatic carbocycles. The summed E-state index contributed by atoms with van der Waals surface area (Å²) >= 11 is 0. The number of hydrogen-bond acceptors (Lipinski definition) is 3. The number of benzene rings is 2. The molecule has 2 fully saturated rings. The summed E-state index contributed by atoms with van der Waals surface area (Å²) in [6, 6.07) is 17.3. The van der Waals surface area contributed by atoms with Crippen molar-refractivity contribution in [3.05, 3.63) is 61.1 Å². The van der Waals surface area contributed by atoms with Gasteiger partial charge in [0.05, 0.1) is 0 Å². The maximum atomic E-state index is 12.4. The van der Waals surface area contributed by atoms with Gasteiger partial charge in [-0.1, -0.05) is 30.3 Å². The topological polar surface area (TPSA) is 56.0 Å². The zero-order chi connectivity index (χ0) is 21.7. The van der Waals surface area contributed by atoms with Crippen LogP contribution in [-0.4, -0.2) is 43.2 Å². The van der Waals surface area contributed by atoms with E-state index in [1.807, 2.05) is 6.33 Å². The highest BCUT2D eigenvalue weighted by Gasteiger charge is 2.36. The highest BCUT2D eigenvalue weighted by atomic mass is 16.2. The van der Waals surface area contributed by atoms with E-state index in [2.05, 4.69) is 86.0 Å². The van der Waals surface area contributed by atoms with E-state index in [-0.39, 0.29) is 0 Å². The minimum Gasteiger partial charge on any atom is -0.351 e. The lowest BCUT2D eigenvalue weighted by Crippen LogP contribution is -2.30. The molecule has 0 unspecified atom stereocenters. The molecule has 0 bridgehead atoms. The molecule has 6 nitrogen and oxygen atoms in total. The van der Waals surface area contributed by atoms with Gasteiger partial charge in [0.25, 0.3) is 0 Å². The molecule has 2 aromatic heterocycles. The Kier molecular flexibility index (Phi) is 4.59. The Hall–Kier alpha value is -3.41. The second-order valence-electron chi connectivity index (χ2n) is 9.30. The van der Waals surface area contributed by atoms with Crippen molar-refractivity contribution in [2.45, 2.75) is 25.8 Å². The van der Waals surface area contributed by atoms with E-state index < -0.39 is 0 Å². The molecule has 162 valence electrons. The van der Waals surface area contributed by atoms with E-state index in [4.69, 9.17) is 0 Å². The number of amides is 1. The molecule has 6 rings (SSSR count). The second kappa shape index (κ2) is 7.62. The monoisotopic (exact) mass is 425 g/mol. The highest BCUT2D eigenvalue weighted by molar-refractivity contribution is 5.86. The Bertz CT molecular complexity index is 1280. The van der Waals surface area contributed by atoms with Crippen LogP contribution in [0.25, 0.3) is 33.4 Å². The molecule has 1 atom stereocenters. The first kappa shape index (κ1) is 19.3. The highest BCUT2D eigenvalue weighted by Crippen LogP contribution is 2.33. The van der Waals surface area contributed by atoms with Gasteiger partial charge >= 0.3 is 0 Å². The Morgan fingerprint density at radius 3 is 2.59 bits per heavy atom. The molecule has 0 N–H and O–H groups in total. The number of carbonyl (C=O) groups is 1. The lowest BCUT2D eigenvalue weighted by Gasteiger charge is -2.17. The van der Waals surface area contributed by atoms with Crippen LogP contribution in [0.15, 0.2) is 61.1 Å². The minimum atomic E-state index is 0.306. The van der Waals surface area contributed by atoms with Crippen molar-refractivity contribution in [3.63, 3.8) is 0 Å². The van der Waals surface area contributed by atoms with Crippen LogP contribution in [0, 0.1) is 11.8 Å². The van der Waals surface area contributed by atoms with Gasteiger partial charge in [0.15, 0.2) is 5.82 Å². The third-order valence-electron chi connectivity index (χ3n) is 6.96. The number of likely N-dealkylation sites (tertiary alicyclic amines) is 1. The van der Waals surface area contributed by atoms with E-state index >= 15 is 0 Å². The maximum Gasteiger partial charge on any atom is 0.225 e. The molecule has 0 radical (unpaired) electrons. The molecule has 32 heavy (non-hydrogen) atoms. The Labute approximate surface area is 187 Å². The maximum absolute atomic E-state index is 12.4. The van der Waals surface area contributed by atoms with Gasteiger partial charge in [-0.3, -0.25) is 4.79 Å². The van der Waals surface area contributed by atoms with Crippen molar-refractivity contribution >= 4 is 16.8 Å². The molecule has 3 heterocycles. The molecular weight excluding hydrogens is 398 g/mol. The third kappa shape index (κ3) is 3.49. The van der Waals surface area contributed by atoms with E-state index in [1.165, 1.54) is 22.0 Å². The first-order valence-corrected chi connectivity index (χ1v) is 11.5. The standard InChI is InChI=1S/C26H27N5O/c1-29-12-11-23-14-22(8-9-24(23)29)19-2-4-20(5-3-19)25-28-27-17-31(25)16-18-10-13-30(15-18)26(32)21-6-7-21/h2-5,8-9,11-12,14,17-18,21H,6-7,10,13,15-16H2,1H3/t18-/m1/s1. The van der Waals surface area contributed by atoms with Crippen molar-refractivity contribution in [1.82, 2.24) is 24.2 Å². The SMILES string of the molecule is Cn1ccc2cc(-c3ccc(-c4nncn4C[C@@H]4CCN(C(=O)C5CC5)C4)cc3)ccc21. The summed E-state index contributed by atoms with van der Waals surface area (Å²) in [5.74, 6) is 2.02. The lowest BCUT2D eigenvalue weighted by atomic mass is 10.0. The second-order valence-corrected chi connectivity index (χ2v) is 9.30. The normalized spacial score (nSPS) is 18.5. The van der Waals surface area contributed by atoms with Crippen LogP contribution >= 0.6 is 0 Å². The largest absolute Gasteiger partial charge is 0.351 e. The quantitative estimate of drug-likeness (QED) is 0.477. The molecule has 4 aromatic rings. The fraction of sp³-hybridized carbons (Fsp3) is 0.346. The van der Waals surface area contributed by atoms with Crippen LogP contribution in [0.3, 0.4) is 0 Å². The van der Waals surface area contributed by atoms with Crippen molar-refractivity contribution in [1.29, 1.82) is 0 Å². The molecular formula is C26H27N5O. The molecule has 6 heteroatoms. The van der Waals surface area contributed by atoms with Crippen LogP contribution in [0.2, 0.25) is 0 Å². The Morgan fingerprint density at radius 1 is 1.00 bits per heavy atom. The summed E-state index contributed by atoms with van der Waals surface area (Å²) in [6.45, 7) is 2.59. The summed E-state index contributed by atoms with van der Waals surface area (Å²) < 4.78 is 4.28. The third-order valence-corrected chi connectivity index (χ3v) is 6.96. The number of fused-ring (bicyclic) bond motifs is 1. The first-order valence-electron chi connectivity index (χ1n) is 11.5. The zero-order valence-corrected chi connectivity index (χ0v) is 18.3. The molecule has 1 amide bonds. The van der Waals surface area contributed by atoms with E-state index in [0.29, 0.717) is 17.7 Å². The molecule has 1 saturated carbocycles. The number of aryl methyl sites for hydroxylation is 1. The van der Waals surface area contributed by atoms with Gasteiger partial charge in [0.1, 0.15) is 6.33 Å². The van der Waals surface area contributed by atoms with Gasteiger partial charge in [-0.2, -0.15) is 0 Å². The Balaban J connectivity index is 1.18. The summed E-state index contributed by atoms with van der Waals surface area (Å²) in [5, 5.41) is 9.83. The van der Waals surface area contributed by atoms with Crippen LogP contribution in [0.5, 0.6) is 0 Å². The Morgan fingerprint density at radius 2 is 1.78 bits per heavy atom. The van der Waals surface area contributed by atoms with Gasteiger partial charge < -0.3 is 14.0 Å². The molecule has 0 spiro atoms. The number of aromatic nitrogens is 4. The fourth-order valence-corrected chi connectivity index (χ4v) is 4.93. The molecule has 1 saturated heterocycles. The van der Waals surface area contributed by atoms with Crippen molar-refractivity contribution in [2.75, 3.05) is 13.1 Å². The van der Waals surface area contributed by atoms with E-state index in [1.54, 1.807) is 0 Å². The minimum absolute atomic E-state index is 0.306. The van der Waals surface area contributed by atoms with Crippen LogP contribution < -0.4 is 0 Å². The van der Waals surface area contributed by atoms with Gasteiger partial charge in [0, 0.05) is 55.3 Å². The zero-order valence-electron chi connectivity index (χ0n) is 18.3.